The third kappa shape index (κ3) is 6.66. The summed E-state index contributed by atoms with van der Waals surface area (Å²) in [5, 5.41) is 10.5. The van der Waals surface area contributed by atoms with Crippen molar-refractivity contribution in [2.75, 3.05) is 51.8 Å². The van der Waals surface area contributed by atoms with E-state index >= 15 is 0 Å². The van der Waals surface area contributed by atoms with Gasteiger partial charge >= 0.3 is 0 Å². The molecule has 2 N–H and O–H groups in total. The summed E-state index contributed by atoms with van der Waals surface area (Å²) in [5.74, 6) is 1.24. The number of carbonyl (C=O) groups is 1. The molecule has 3 aromatic carbocycles. The highest BCUT2D eigenvalue weighted by Crippen LogP contribution is 2.30. The number of morpholine rings is 1. The zero-order valence-corrected chi connectivity index (χ0v) is 22.2. The molecule has 0 unspecified atom stereocenters. The number of amides is 1. The third-order valence-electron chi connectivity index (χ3n) is 6.44. The van der Waals surface area contributed by atoms with Crippen molar-refractivity contribution in [2.45, 2.75) is 0 Å². The molecule has 1 fully saturated rings. The molecule has 40 heavy (non-hydrogen) atoms. The fourth-order valence-electron chi connectivity index (χ4n) is 4.29. The van der Waals surface area contributed by atoms with Crippen molar-refractivity contribution in [3.8, 4) is 22.9 Å². The Hall–Kier alpha value is -4.67. The summed E-state index contributed by atoms with van der Waals surface area (Å²) in [6.45, 7) is 4.45. The molecular weight excluding hydrogens is 510 g/mol. The van der Waals surface area contributed by atoms with Crippen LogP contribution in [0, 0.1) is 0 Å². The molecule has 10 nitrogen and oxygen atoms in total. The van der Waals surface area contributed by atoms with Gasteiger partial charge in [0.25, 0.3) is 11.5 Å². The summed E-state index contributed by atoms with van der Waals surface area (Å²) in [6.07, 6.45) is 1.49. The van der Waals surface area contributed by atoms with E-state index < -0.39 is 5.56 Å². The topological polar surface area (TPSA) is 107 Å². The first-order valence-electron chi connectivity index (χ1n) is 13.1. The molecule has 10 heteroatoms. The number of methoxy groups -OCH3 is 1. The van der Waals surface area contributed by atoms with Crippen molar-refractivity contribution < 1.29 is 19.0 Å². The predicted molar refractivity (Wildman–Crippen MR) is 152 cm³/mol. The minimum absolute atomic E-state index is 0.180. The second kappa shape index (κ2) is 12.9. The number of aromatic nitrogens is 2. The molecule has 5 rings (SSSR count). The summed E-state index contributed by atoms with van der Waals surface area (Å²) in [7, 11) is 1.59. The van der Waals surface area contributed by atoms with Gasteiger partial charge in [-0.25, -0.2) is 0 Å². The molecule has 1 saturated heterocycles. The van der Waals surface area contributed by atoms with Gasteiger partial charge in [-0.1, -0.05) is 24.3 Å². The molecule has 1 aliphatic heterocycles. The van der Waals surface area contributed by atoms with Gasteiger partial charge in [0.15, 0.2) is 11.4 Å². The van der Waals surface area contributed by atoms with E-state index in [1.807, 2.05) is 18.2 Å². The van der Waals surface area contributed by atoms with Crippen LogP contribution in [0.4, 0.5) is 11.4 Å². The van der Waals surface area contributed by atoms with Crippen molar-refractivity contribution in [1.29, 1.82) is 0 Å². The van der Waals surface area contributed by atoms with Crippen LogP contribution >= 0.6 is 0 Å². The van der Waals surface area contributed by atoms with Crippen molar-refractivity contribution >= 4 is 17.3 Å². The largest absolute Gasteiger partial charge is 0.497 e. The number of benzene rings is 3. The van der Waals surface area contributed by atoms with Crippen LogP contribution in [0.25, 0.3) is 5.69 Å². The Kier molecular flexibility index (Phi) is 8.69. The predicted octanol–water partition coefficient (Wildman–Crippen LogP) is 3.84. The fraction of sp³-hybridized carbons (Fsp3) is 0.233. The van der Waals surface area contributed by atoms with Crippen LogP contribution in [-0.2, 0) is 4.74 Å². The quantitative estimate of drug-likeness (QED) is 0.312. The SMILES string of the molecule is COc1ccc(Oc2cnn(-c3ccccc3)c(=O)c2Nc2cccc(C(=O)NCCN3CCOCC3)c2)cc1. The van der Waals surface area contributed by atoms with Crippen LogP contribution in [0.1, 0.15) is 10.4 Å². The van der Waals surface area contributed by atoms with E-state index in [9.17, 15) is 9.59 Å². The van der Waals surface area contributed by atoms with Gasteiger partial charge in [0.2, 0.25) is 0 Å². The third-order valence-corrected chi connectivity index (χ3v) is 6.44. The molecule has 0 saturated carbocycles. The van der Waals surface area contributed by atoms with Crippen LogP contribution in [-0.4, -0.2) is 67.1 Å². The Bertz CT molecular complexity index is 1480. The summed E-state index contributed by atoms with van der Waals surface area (Å²) < 4.78 is 17.9. The van der Waals surface area contributed by atoms with Crippen molar-refractivity contribution in [3.63, 3.8) is 0 Å². The van der Waals surface area contributed by atoms with E-state index in [-0.39, 0.29) is 17.3 Å². The second-order valence-electron chi connectivity index (χ2n) is 9.13. The summed E-state index contributed by atoms with van der Waals surface area (Å²) >= 11 is 0. The lowest BCUT2D eigenvalue weighted by Crippen LogP contribution is -2.41. The Morgan fingerprint density at radius 1 is 0.975 bits per heavy atom. The van der Waals surface area contributed by atoms with Gasteiger partial charge in [0, 0.05) is 37.4 Å². The van der Waals surface area contributed by atoms with E-state index in [2.05, 4.69) is 20.6 Å². The summed E-state index contributed by atoms with van der Waals surface area (Å²) in [5.41, 5.74) is 1.42. The number of anilines is 2. The number of hydrogen-bond donors (Lipinski definition) is 2. The highest BCUT2D eigenvalue weighted by molar-refractivity contribution is 5.95. The normalized spacial score (nSPS) is 13.4. The summed E-state index contributed by atoms with van der Waals surface area (Å²) in [4.78, 5) is 28.8. The highest BCUT2D eigenvalue weighted by atomic mass is 16.5. The van der Waals surface area contributed by atoms with Crippen molar-refractivity contribution in [3.05, 3.63) is 101 Å². The molecule has 2 heterocycles. The van der Waals surface area contributed by atoms with Gasteiger partial charge in [-0.3, -0.25) is 14.5 Å². The molecule has 4 aromatic rings. The minimum atomic E-state index is -0.405. The standard InChI is InChI=1S/C30H31N5O5/c1-38-25-10-12-26(13-11-25)40-27-21-32-35(24-8-3-2-4-9-24)30(37)28(27)33-23-7-5-6-22(20-23)29(36)31-14-15-34-16-18-39-19-17-34/h2-13,20-21,33H,14-19H2,1H3,(H,31,36). The van der Waals surface area contributed by atoms with Crippen LogP contribution in [0.2, 0.25) is 0 Å². The molecule has 1 aromatic heterocycles. The maximum atomic E-state index is 13.6. The van der Waals surface area contributed by atoms with E-state index in [4.69, 9.17) is 14.2 Å². The van der Waals surface area contributed by atoms with Gasteiger partial charge in [-0.15, -0.1) is 0 Å². The monoisotopic (exact) mass is 541 g/mol. The molecule has 1 amide bonds. The zero-order chi connectivity index (χ0) is 27.7. The van der Waals surface area contributed by atoms with Crippen molar-refractivity contribution in [1.82, 2.24) is 20.0 Å². The van der Waals surface area contributed by atoms with Crippen LogP contribution in [0.5, 0.6) is 17.2 Å². The van der Waals surface area contributed by atoms with Crippen LogP contribution in [0.15, 0.2) is 89.9 Å². The Labute approximate surface area is 232 Å². The molecule has 206 valence electrons. The Morgan fingerprint density at radius 3 is 2.48 bits per heavy atom. The van der Waals surface area contributed by atoms with Crippen molar-refractivity contribution in [2.24, 2.45) is 0 Å². The number of hydrogen-bond acceptors (Lipinski definition) is 8. The summed E-state index contributed by atoms with van der Waals surface area (Å²) in [6, 6.07) is 23.1. The van der Waals surface area contributed by atoms with Gasteiger partial charge in [0.1, 0.15) is 11.5 Å². The molecule has 0 aliphatic carbocycles. The van der Waals surface area contributed by atoms with Gasteiger partial charge in [-0.2, -0.15) is 9.78 Å². The first kappa shape index (κ1) is 26.9. The Balaban J connectivity index is 1.38. The lowest BCUT2D eigenvalue weighted by atomic mass is 10.2. The van der Waals surface area contributed by atoms with E-state index in [1.165, 1.54) is 10.9 Å². The fourth-order valence-corrected chi connectivity index (χ4v) is 4.29. The van der Waals surface area contributed by atoms with Crippen LogP contribution in [0.3, 0.4) is 0 Å². The minimum Gasteiger partial charge on any atom is -0.497 e. The number of ether oxygens (including phenoxy) is 3. The lowest BCUT2D eigenvalue weighted by Gasteiger charge is -2.26. The molecule has 0 atom stereocenters. The highest BCUT2D eigenvalue weighted by Gasteiger charge is 2.17. The second-order valence-corrected chi connectivity index (χ2v) is 9.13. The molecule has 0 spiro atoms. The number of carbonyl (C=O) groups excluding carboxylic acids is 1. The van der Waals surface area contributed by atoms with Crippen LogP contribution < -0.4 is 25.7 Å². The maximum Gasteiger partial charge on any atom is 0.299 e. The molecule has 1 aliphatic rings. The van der Waals surface area contributed by atoms with Gasteiger partial charge in [-0.05, 0) is 54.6 Å². The molecular formula is C30H31N5O5. The lowest BCUT2D eigenvalue weighted by molar-refractivity contribution is 0.0383. The number of nitrogens with one attached hydrogen (secondary N) is 2. The maximum absolute atomic E-state index is 13.6. The van der Waals surface area contributed by atoms with E-state index in [0.717, 1.165) is 19.6 Å². The smallest absolute Gasteiger partial charge is 0.299 e. The van der Waals surface area contributed by atoms with Gasteiger partial charge in [0.05, 0.1) is 32.2 Å². The molecule has 0 bridgehead atoms. The van der Waals surface area contributed by atoms with E-state index in [0.29, 0.717) is 48.2 Å². The average Bonchev–Trinajstić information content (AvgIpc) is 3.00. The number of rotatable bonds is 10. The first-order valence-corrected chi connectivity index (χ1v) is 13.1. The van der Waals surface area contributed by atoms with E-state index in [1.54, 1.807) is 67.8 Å². The number of nitrogens with zero attached hydrogens (tertiary/aromatic N) is 3. The molecule has 0 radical (unpaired) electrons. The first-order chi connectivity index (χ1) is 19.6. The average molecular weight is 542 g/mol. The van der Waals surface area contributed by atoms with Gasteiger partial charge < -0.3 is 24.8 Å². The number of para-hydroxylation sites is 1. The zero-order valence-electron chi connectivity index (χ0n) is 22.2. The Morgan fingerprint density at radius 2 is 1.73 bits per heavy atom.